The molecule has 3 heteroatoms. The van der Waals surface area contributed by atoms with Crippen LogP contribution in [0.15, 0.2) is 30.3 Å². The predicted octanol–water partition coefficient (Wildman–Crippen LogP) is 2.35. The van der Waals surface area contributed by atoms with Gasteiger partial charge in [-0.3, -0.25) is 0 Å². The maximum absolute atomic E-state index is 9.06. The molecule has 1 atom stereocenters. The quantitative estimate of drug-likeness (QED) is 0.798. The smallest absolute Gasteiger partial charge is 0.423 e. The normalized spacial score (nSPS) is 19.5. The van der Waals surface area contributed by atoms with E-state index in [1.807, 2.05) is 12.1 Å². The van der Waals surface area contributed by atoms with Crippen molar-refractivity contribution in [2.24, 2.45) is 5.92 Å². The second-order valence-electron chi connectivity index (χ2n) is 5.15. The lowest BCUT2D eigenvalue weighted by atomic mass is 9.79. The van der Waals surface area contributed by atoms with Gasteiger partial charge in [-0.2, -0.15) is 0 Å². The maximum atomic E-state index is 9.06. The van der Waals surface area contributed by atoms with E-state index in [1.165, 1.54) is 36.8 Å². The van der Waals surface area contributed by atoms with Crippen molar-refractivity contribution in [3.8, 4) is 0 Å². The first-order valence-electron chi connectivity index (χ1n) is 6.86. The summed E-state index contributed by atoms with van der Waals surface area (Å²) in [5.41, 5.74) is 3.18. The fraction of sp³-hybridized carbons (Fsp3) is 0.467. The summed E-state index contributed by atoms with van der Waals surface area (Å²) in [4.78, 5) is 0. The number of benzene rings is 1. The predicted molar refractivity (Wildman–Crippen MR) is 76.5 cm³/mol. The standard InChI is InChI=1S/C15H21BO2/c1-2-3-12-4-6-13(7-5-12)14-8-10-15(11-9-14)16(17)18/h6,8-12,17-18H,2-5,7H2,1H3. The summed E-state index contributed by atoms with van der Waals surface area (Å²) in [5.74, 6) is 0.859. The van der Waals surface area contributed by atoms with Crippen LogP contribution in [0.5, 0.6) is 0 Å². The van der Waals surface area contributed by atoms with E-state index in [1.54, 1.807) is 12.1 Å². The number of hydrogen-bond donors (Lipinski definition) is 2. The molecule has 0 heterocycles. The second-order valence-corrected chi connectivity index (χ2v) is 5.15. The first kappa shape index (κ1) is 13.4. The van der Waals surface area contributed by atoms with Gasteiger partial charge in [-0.25, -0.2) is 0 Å². The van der Waals surface area contributed by atoms with Crippen LogP contribution in [0.4, 0.5) is 0 Å². The molecule has 0 bridgehead atoms. The third-order valence-electron chi connectivity index (χ3n) is 3.80. The molecule has 1 aliphatic rings. The summed E-state index contributed by atoms with van der Waals surface area (Å²) in [6, 6.07) is 7.56. The highest BCUT2D eigenvalue weighted by molar-refractivity contribution is 6.58. The van der Waals surface area contributed by atoms with E-state index in [0.29, 0.717) is 5.46 Å². The highest BCUT2D eigenvalue weighted by atomic mass is 16.4. The van der Waals surface area contributed by atoms with Crippen molar-refractivity contribution in [3.63, 3.8) is 0 Å². The Morgan fingerprint density at radius 1 is 1.22 bits per heavy atom. The van der Waals surface area contributed by atoms with Gasteiger partial charge in [-0.1, -0.05) is 50.1 Å². The number of hydrogen-bond acceptors (Lipinski definition) is 2. The second kappa shape index (κ2) is 6.21. The monoisotopic (exact) mass is 244 g/mol. The minimum atomic E-state index is -1.37. The Balaban J connectivity index is 2.04. The molecule has 96 valence electrons. The third kappa shape index (κ3) is 3.24. The average Bonchev–Trinajstić information content (AvgIpc) is 2.40. The summed E-state index contributed by atoms with van der Waals surface area (Å²) in [5, 5.41) is 18.1. The Bertz CT molecular complexity index is 409. The Morgan fingerprint density at radius 3 is 2.44 bits per heavy atom. The van der Waals surface area contributed by atoms with Crippen LogP contribution in [0.3, 0.4) is 0 Å². The van der Waals surface area contributed by atoms with Crippen molar-refractivity contribution in [2.45, 2.75) is 39.0 Å². The maximum Gasteiger partial charge on any atom is 0.488 e. The molecule has 0 saturated carbocycles. The average molecular weight is 244 g/mol. The summed E-state index contributed by atoms with van der Waals surface area (Å²) in [6.07, 6.45) is 8.58. The molecule has 1 unspecified atom stereocenters. The Morgan fingerprint density at radius 2 is 1.94 bits per heavy atom. The Hall–Kier alpha value is -1.06. The van der Waals surface area contributed by atoms with Gasteiger partial charge in [0.25, 0.3) is 0 Å². The minimum absolute atomic E-state index is 0.555. The number of rotatable bonds is 4. The lowest BCUT2D eigenvalue weighted by Crippen LogP contribution is -2.29. The zero-order chi connectivity index (χ0) is 13.0. The van der Waals surface area contributed by atoms with Crippen LogP contribution in [-0.2, 0) is 0 Å². The molecule has 0 aliphatic heterocycles. The van der Waals surface area contributed by atoms with E-state index < -0.39 is 7.12 Å². The molecule has 2 rings (SSSR count). The molecule has 1 aromatic carbocycles. The lowest BCUT2D eigenvalue weighted by molar-refractivity contribution is 0.426. The fourth-order valence-corrected chi connectivity index (χ4v) is 2.69. The highest BCUT2D eigenvalue weighted by Crippen LogP contribution is 2.31. The van der Waals surface area contributed by atoms with Crippen molar-refractivity contribution in [1.29, 1.82) is 0 Å². The summed E-state index contributed by atoms with van der Waals surface area (Å²) < 4.78 is 0. The van der Waals surface area contributed by atoms with Gasteiger partial charge in [-0.05, 0) is 41.8 Å². The topological polar surface area (TPSA) is 40.5 Å². The first-order valence-corrected chi connectivity index (χ1v) is 6.86. The van der Waals surface area contributed by atoms with Crippen LogP contribution >= 0.6 is 0 Å². The van der Waals surface area contributed by atoms with Gasteiger partial charge >= 0.3 is 7.12 Å². The van der Waals surface area contributed by atoms with Crippen LogP contribution in [0.2, 0.25) is 0 Å². The van der Waals surface area contributed by atoms with Crippen LogP contribution in [-0.4, -0.2) is 17.2 Å². The van der Waals surface area contributed by atoms with Crippen molar-refractivity contribution in [1.82, 2.24) is 0 Å². The molecule has 18 heavy (non-hydrogen) atoms. The van der Waals surface area contributed by atoms with E-state index in [-0.39, 0.29) is 0 Å². The fourth-order valence-electron chi connectivity index (χ4n) is 2.69. The molecule has 1 aliphatic carbocycles. The van der Waals surface area contributed by atoms with Gasteiger partial charge in [0, 0.05) is 0 Å². The summed E-state index contributed by atoms with van der Waals surface area (Å²) in [7, 11) is -1.37. The van der Waals surface area contributed by atoms with E-state index in [4.69, 9.17) is 10.0 Å². The molecule has 2 N–H and O–H groups in total. The molecule has 0 amide bonds. The Labute approximate surface area is 110 Å². The molecule has 0 spiro atoms. The van der Waals surface area contributed by atoms with E-state index in [2.05, 4.69) is 13.0 Å². The van der Waals surface area contributed by atoms with E-state index in [9.17, 15) is 0 Å². The Kier molecular flexibility index (Phi) is 4.62. The molecule has 1 aromatic rings. The van der Waals surface area contributed by atoms with Crippen molar-refractivity contribution < 1.29 is 10.0 Å². The van der Waals surface area contributed by atoms with Crippen LogP contribution < -0.4 is 5.46 Å². The molecule has 0 fully saturated rings. The van der Waals surface area contributed by atoms with Gasteiger partial charge in [0.05, 0.1) is 0 Å². The van der Waals surface area contributed by atoms with Gasteiger partial charge < -0.3 is 10.0 Å². The van der Waals surface area contributed by atoms with E-state index >= 15 is 0 Å². The van der Waals surface area contributed by atoms with Crippen LogP contribution in [0.25, 0.3) is 5.57 Å². The lowest BCUT2D eigenvalue weighted by Gasteiger charge is -2.21. The van der Waals surface area contributed by atoms with Crippen molar-refractivity contribution >= 4 is 18.2 Å². The third-order valence-corrected chi connectivity index (χ3v) is 3.80. The van der Waals surface area contributed by atoms with Gasteiger partial charge in [0.1, 0.15) is 0 Å². The van der Waals surface area contributed by atoms with Crippen molar-refractivity contribution in [2.75, 3.05) is 0 Å². The molecular weight excluding hydrogens is 223 g/mol. The molecule has 0 saturated heterocycles. The van der Waals surface area contributed by atoms with Crippen LogP contribution in [0.1, 0.15) is 44.6 Å². The highest BCUT2D eigenvalue weighted by Gasteiger charge is 2.15. The van der Waals surface area contributed by atoms with Crippen LogP contribution in [0, 0.1) is 5.92 Å². The largest absolute Gasteiger partial charge is 0.488 e. The number of allylic oxidation sites excluding steroid dienone is 2. The molecule has 0 radical (unpaired) electrons. The van der Waals surface area contributed by atoms with Crippen molar-refractivity contribution in [3.05, 3.63) is 35.9 Å². The minimum Gasteiger partial charge on any atom is -0.423 e. The molecule has 2 nitrogen and oxygen atoms in total. The first-order chi connectivity index (χ1) is 8.70. The van der Waals surface area contributed by atoms with Gasteiger partial charge in [0.2, 0.25) is 0 Å². The SMILES string of the molecule is CCCC1CC=C(c2ccc(B(O)O)cc2)CC1. The van der Waals surface area contributed by atoms with E-state index in [0.717, 1.165) is 12.3 Å². The van der Waals surface area contributed by atoms with Gasteiger partial charge in [-0.15, -0.1) is 0 Å². The van der Waals surface area contributed by atoms with Gasteiger partial charge in [0.15, 0.2) is 0 Å². The summed E-state index contributed by atoms with van der Waals surface area (Å²) in [6.45, 7) is 2.25. The molecular formula is C15H21BO2. The zero-order valence-corrected chi connectivity index (χ0v) is 11.0. The summed E-state index contributed by atoms with van der Waals surface area (Å²) >= 11 is 0. The zero-order valence-electron chi connectivity index (χ0n) is 11.0. The molecule has 0 aromatic heterocycles.